The molecule has 1 atom stereocenters. The van der Waals surface area contributed by atoms with Gasteiger partial charge in [0.05, 0.1) is 4.92 Å². The van der Waals surface area contributed by atoms with E-state index in [1.54, 1.807) is 19.9 Å². The summed E-state index contributed by atoms with van der Waals surface area (Å²) >= 11 is 0. The molecule has 0 saturated heterocycles. The molecule has 6 nitrogen and oxygen atoms in total. The lowest BCUT2D eigenvalue weighted by Gasteiger charge is -2.15. The molecule has 1 N–H and O–H groups in total. The monoisotopic (exact) mass is 328 g/mol. The maximum absolute atomic E-state index is 12.1. The van der Waals surface area contributed by atoms with Crippen LogP contribution in [0.3, 0.4) is 0 Å². The van der Waals surface area contributed by atoms with Crippen LogP contribution in [-0.2, 0) is 11.2 Å². The van der Waals surface area contributed by atoms with E-state index in [1.165, 1.54) is 12.1 Å². The smallest absolute Gasteiger partial charge is 0.311 e. The van der Waals surface area contributed by atoms with Crippen LogP contribution >= 0.6 is 0 Å². The molecule has 2 rings (SSSR count). The number of nitrogens with zero attached hydrogens (tertiary/aromatic N) is 1. The highest BCUT2D eigenvalue weighted by Gasteiger charge is 2.21. The van der Waals surface area contributed by atoms with E-state index in [1.807, 2.05) is 30.3 Å². The van der Waals surface area contributed by atoms with Crippen molar-refractivity contribution in [1.29, 1.82) is 0 Å². The molecular formula is C18H20N2O4. The second-order valence-electron chi connectivity index (χ2n) is 5.51. The number of nitro benzene ring substituents is 1. The van der Waals surface area contributed by atoms with Gasteiger partial charge in [-0.05, 0) is 37.5 Å². The Labute approximate surface area is 140 Å². The first-order chi connectivity index (χ1) is 11.5. The first-order valence-electron chi connectivity index (χ1n) is 7.70. The molecule has 1 amide bonds. The normalized spacial score (nSPS) is 11.6. The van der Waals surface area contributed by atoms with Gasteiger partial charge in [-0.2, -0.15) is 0 Å². The van der Waals surface area contributed by atoms with E-state index in [0.717, 1.165) is 11.1 Å². The lowest BCUT2D eigenvalue weighted by atomic mass is 10.1. The van der Waals surface area contributed by atoms with Crippen LogP contribution in [0.15, 0.2) is 48.5 Å². The zero-order chi connectivity index (χ0) is 17.5. The minimum atomic E-state index is -0.817. The molecule has 6 heteroatoms. The molecule has 0 aliphatic carbocycles. The second-order valence-corrected chi connectivity index (χ2v) is 5.51. The SMILES string of the molecule is Cc1ccc(O[C@@H](C)C(=O)NCCc2ccccc2)c([N+](=O)[O-])c1. The largest absolute Gasteiger partial charge is 0.474 e. The van der Waals surface area contributed by atoms with Crippen molar-refractivity contribution in [2.45, 2.75) is 26.4 Å². The first-order valence-corrected chi connectivity index (χ1v) is 7.70. The van der Waals surface area contributed by atoms with Gasteiger partial charge in [0.2, 0.25) is 0 Å². The molecule has 2 aromatic carbocycles. The van der Waals surface area contributed by atoms with E-state index in [4.69, 9.17) is 4.74 Å². The van der Waals surface area contributed by atoms with Crippen LogP contribution in [0, 0.1) is 17.0 Å². The molecule has 2 aromatic rings. The number of carbonyl (C=O) groups excluding carboxylic acids is 1. The van der Waals surface area contributed by atoms with Gasteiger partial charge in [-0.25, -0.2) is 0 Å². The van der Waals surface area contributed by atoms with E-state index in [9.17, 15) is 14.9 Å². The van der Waals surface area contributed by atoms with Crippen molar-refractivity contribution < 1.29 is 14.5 Å². The fourth-order valence-corrected chi connectivity index (χ4v) is 2.23. The summed E-state index contributed by atoms with van der Waals surface area (Å²) in [5.74, 6) is -0.211. The highest BCUT2D eigenvalue weighted by molar-refractivity contribution is 5.80. The summed E-state index contributed by atoms with van der Waals surface area (Å²) in [5.41, 5.74) is 1.74. The van der Waals surface area contributed by atoms with Gasteiger partial charge in [0.25, 0.3) is 5.91 Å². The van der Waals surface area contributed by atoms with E-state index >= 15 is 0 Å². The summed E-state index contributed by atoms with van der Waals surface area (Å²) in [6.07, 6.45) is -0.105. The van der Waals surface area contributed by atoms with Crippen molar-refractivity contribution in [1.82, 2.24) is 5.32 Å². The van der Waals surface area contributed by atoms with Crippen LogP contribution in [0.25, 0.3) is 0 Å². The molecule has 0 unspecified atom stereocenters. The molecule has 0 aliphatic rings. The third-order valence-electron chi connectivity index (χ3n) is 3.54. The number of nitrogens with one attached hydrogen (secondary N) is 1. The van der Waals surface area contributed by atoms with Crippen LogP contribution < -0.4 is 10.1 Å². The van der Waals surface area contributed by atoms with Crippen molar-refractivity contribution in [2.24, 2.45) is 0 Å². The van der Waals surface area contributed by atoms with Gasteiger partial charge >= 0.3 is 5.69 Å². The molecular weight excluding hydrogens is 308 g/mol. The average Bonchev–Trinajstić information content (AvgIpc) is 2.57. The average molecular weight is 328 g/mol. The number of carbonyl (C=O) groups is 1. The lowest BCUT2D eigenvalue weighted by molar-refractivity contribution is -0.386. The summed E-state index contributed by atoms with van der Waals surface area (Å²) < 4.78 is 5.47. The molecule has 0 aromatic heterocycles. The van der Waals surface area contributed by atoms with E-state index in [0.29, 0.717) is 13.0 Å². The van der Waals surface area contributed by atoms with E-state index in [-0.39, 0.29) is 17.3 Å². The maximum Gasteiger partial charge on any atom is 0.311 e. The number of hydrogen-bond donors (Lipinski definition) is 1. The van der Waals surface area contributed by atoms with Crippen molar-refractivity contribution in [3.05, 3.63) is 69.8 Å². The molecule has 0 spiro atoms. The fraction of sp³-hybridized carbons (Fsp3) is 0.278. The standard InChI is InChI=1S/C18H20N2O4/c1-13-8-9-17(16(12-13)20(22)23)24-14(2)18(21)19-11-10-15-6-4-3-5-7-15/h3-9,12,14H,10-11H2,1-2H3,(H,19,21)/t14-/m0/s1. The predicted molar refractivity (Wildman–Crippen MR) is 91.1 cm³/mol. The molecule has 0 heterocycles. The topological polar surface area (TPSA) is 81.5 Å². The second kappa shape index (κ2) is 8.10. The molecule has 0 radical (unpaired) electrons. The van der Waals surface area contributed by atoms with Gasteiger partial charge < -0.3 is 10.1 Å². The van der Waals surface area contributed by atoms with Gasteiger partial charge in [0.1, 0.15) is 0 Å². The quantitative estimate of drug-likeness (QED) is 0.625. The van der Waals surface area contributed by atoms with Crippen molar-refractivity contribution in [2.75, 3.05) is 6.54 Å². The molecule has 24 heavy (non-hydrogen) atoms. The number of amides is 1. The highest BCUT2D eigenvalue weighted by Crippen LogP contribution is 2.28. The molecule has 0 bridgehead atoms. The number of aryl methyl sites for hydroxylation is 1. The van der Waals surface area contributed by atoms with Gasteiger partial charge in [-0.3, -0.25) is 14.9 Å². The maximum atomic E-state index is 12.1. The summed E-state index contributed by atoms with van der Waals surface area (Å²) in [4.78, 5) is 22.6. The van der Waals surface area contributed by atoms with Crippen LogP contribution in [0.5, 0.6) is 5.75 Å². The number of ether oxygens (including phenoxy) is 1. The number of benzene rings is 2. The first kappa shape index (κ1) is 17.5. The molecule has 0 aliphatic heterocycles. The fourth-order valence-electron chi connectivity index (χ4n) is 2.23. The number of rotatable bonds is 7. The zero-order valence-electron chi connectivity index (χ0n) is 13.7. The van der Waals surface area contributed by atoms with Crippen molar-refractivity contribution >= 4 is 11.6 Å². The summed E-state index contributed by atoms with van der Waals surface area (Å²) in [7, 11) is 0. The Hall–Kier alpha value is -2.89. The van der Waals surface area contributed by atoms with Gasteiger partial charge in [-0.15, -0.1) is 0 Å². The van der Waals surface area contributed by atoms with Gasteiger partial charge in [0, 0.05) is 12.6 Å². The minimum absolute atomic E-state index is 0.0938. The Bertz CT molecular complexity index is 716. The summed E-state index contributed by atoms with van der Waals surface area (Å²) in [5, 5.41) is 13.9. The third kappa shape index (κ3) is 4.81. The highest BCUT2D eigenvalue weighted by atomic mass is 16.6. The summed E-state index contributed by atoms with van der Waals surface area (Å²) in [6.45, 7) is 3.81. The molecule has 0 fully saturated rings. The third-order valence-corrected chi connectivity index (χ3v) is 3.54. The van der Waals surface area contributed by atoms with Crippen LogP contribution in [0.1, 0.15) is 18.1 Å². The number of hydrogen-bond acceptors (Lipinski definition) is 4. The Morgan fingerprint density at radius 3 is 2.62 bits per heavy atom. The van der Waals surface area contributed by atoms with Gasteiger partial charge in [-0.1, -0.05) is 36.4 Å². The summed E-state index contributed by atoms with van der Waals surface area (Å²) in [6, 6.07) is 14.5. The Morgan fingerprint density at radius 2 is 1.96 bits per heavy atom. The van der Waals surface area contributed by atoms with Gasteiger partial charge in [0.15, 0.2) is 11.9 Å². The Balaban J connectivity index is 1.91. The lowest BCUT2D eigenvalue weighted by Crippen LogP contribution is -2.37. The number of nitro groups is 1. The van der Waals surface area contributed by atoms with Crippen molar-refractivity contribution in [3.8, 4) is 5.75 Å². The zero-order valence-corrected chi connectivity index (χ0v) is 13.7. The Kier molecular flexibility index (Phi) is 5.89. The van der Waals surface area contributed by atoms with Crippen molar-refractivity contribution in [3.63, 3.8) is 0 Å². The Morgan fingerprint density at radius 1 is 1.25 bits per heavy atom. The predicted octanol–water partition coefficient (Wildman–Crippen LogP) is 3.03. The van der Waals surface area contributed by atoms with Crippen LogP contribution in [0.4, 0.5) is 5.69 Å². The molecule has 0 saturated carbocycles. The minimum Gasteiger partial charge on any atom is -0.474 e. The van der Waals surface area contributed by atoms with E-state index < -0.39 is 11.0 Å². The van der Waals surface area contributed by atoms with Crippen LogP contribution in [-0.4, -0.2) is 23.5 Å². The molecule has 126 valence electrons. The van der Waals surface area contributed by atoms with E-state index in [2.05, 4.69) is 5.32 Å². The van der Waals surface area contributed by atoms with Crippen LogP contribution in [0.2, 0.25) is 0 Å².